The number of piperazine rings is 1. The van der Waals surface area contributed by atoms with Crippen molar-refractivity contribution in [3.8, 4) is 5.69 Å². The van der Waals surface area contributed by atoms with Crippen LogP contribution < -0.4 is 28.2 Å². The second kappa shape index (κ2) is 9.86. The molecule has 4 atom stereocenters. The van der Waals surface area contributed by atoms with Gasteiger partial charge in [0, 0.05) is 64.6 Å². The van der Waals surface area contributed by atoms with Crippen molar-refractivity contribution in [1.82, 2.24) is 24.3 Å². The molecular weight excluding hydrogens is 474 g/mol. The van der Waals surface area contributed by atoms with Crippen LogP contribution in [0.4, 0.5) is 10.6 Å². The van der Waals surface area contributed by atoms with E-state index in [1.165, 1.54) is 10.1 Å². The van der Waals surface area contributed by atoms with Crippen molar-refractivity contribution in [2.45, 2.75) is 25.0 Å². The van der Waals surface area contributed by atoms with E-state index in [2.05, 4.69) is 15.2 Å². The first-order valence-corrected chi connectivity index (χ1v) is 12.7. The predicted octanol–water partition coefficient (Wildman–Crippen LogP) is -1.03. The van der Waals surface area contributed by atoms with Crippen LogP contribution >= 0.6 is 0 Å². The Morgan fingerprint density at radius 3 is 2.27 bits per heavy atom. The van der Waals surface area contributed by atoms with Gasteiger partial charge in [-0.1, -0.05) is 12.1 Å². The Kier molecular flexibility index (Phi) is 6.75. The molecule has 1 saturated carbocycles. The topological polar surface area (TPSA) is 169 Å². The van der Waals surface area contributed by atoms with Crippen LogP contribution in [0.5, 0.6) is 0 Å². The van der Waals surface area contributed by atoms with Gasteiger partial charge in [-0.05, 0) is 42.5 Å². The van der Waals surface area contributed by atoms with E-state index < -0.39 is 11.2 Å². The lowest BCUT2D eigenvalue weighted by Gasteiger charge is -2.38. The molecule has 198 valence electrons. The summed E-state index contributed by atoms with van der Waals surface area (Å²) in [5, 5.41) is 2.68. The fourth-order valence-corrected chi connectivity index (χ4v) is 5.23. The van der Waals surface area contributed by atoms with E-state index in [0.29, 0.717) is 49.7 Å². The predicted molar refractivity (Wildman–Crippen MR) is 139 cm³/mol. The van der Waals surface area contributed by atoms with Crippen LogP contribution in [0.3, 0.4) is 0 Å². The van der Waals surface area contributed by atoms with E-state index in [1.54, 1.807) is 29.0 Å². The molecule has 2 saturated heterocycles. The van der Waals surface area contributed by atoms with E-state index in [1.807, 2.05) is 24.3 Å². The highest BCUT2D eigenvalue weighted by Gasteiger charge is 2.53. The molecule has 2 aromatic rings. The van der Waals surface area contributed by atoms with Gasteiger partial charge >= 0.3 is 11.7 Å². The third-order valence-corrected chi connectivity index (χ3v) is 7.76. The van der Waals surface area contributed by atoms with Crippen molar-refractivity contribution in [3.63, 3.8) is 0 Å². The largest absolute Gasteiger partial charge is 0.354 e. The van der Waals surface area contributed by atoms with Gasteiger partial charge in [0.15, 0.2) is 0 Å². The fraction of sp³-hybridized carbons (Fsp3) is 0.520. The number of rotatable bonds is 6. The molecule has 1 unspecified atom stereocenters. The lowest BCUT2D eigenvalue weighted by Crippen LogP contribution is -2.61. The zero-order valence-electron chi connectivity index (χ0n) is 21.0. The maximum atomic E-state index is 12.7. The number of nitrogens with one attached hydrogen (secondary N) is 1. The van der Waals surface area contributed by atoms with Crippen molar-refractivity contribution >= 4 is 17.8 Å². The Hall–Kier alpha value is -3.32. The molecule has 12 heteroatoms. The molecule has 37 heavy (non-hydrogen) atoms. The lowest BCUT2D eigenvalue weighted by molar-refractivity contribution is -0.137. The summed E-state index contributed by atoms with van der Waals surface area (Å²) < 4.78 is 1.44. The molecule has 3 fully saturated rings. The number of hydrogen-bond donors (Lipinski definition) is 4. The number of nitrogens with two attached hydrogens (primary N) is 3. The highest BCUT2D eigenvalue weighted by Crippen LogP contribution is 2.44. The van der Waals surface area contributed by atoms with Crippen molar-refractivity contribution in [3.05, 3.63) is 52.6 Å². The SMILES string of the molecule is C[C@](N)(CN)C(=O)N1CCN(C(=O)Nc2ccn(-c3ccc(CN4C[C@@H]5C(N)[C@@H]5C4)cc3)c(=O)n2)CC1. The number of hydrogen-bond acceptors (Lipinski definition) is 8. The molecule has 0 spiro atoms. The van der Waals surface area contributed by atoms with Crippen LogP contribution in [0.25, 0.3) is 5.69 Å². The molecule has 12 nitrogen and oxygen atoms in total. The van der Waals surface area contributed by atoms with Crippen molar-refractivity contribution in [1.29, 1.82) is 0 Å². The van der Waals surface area contributed by atoms with Gasteiger partial charge in [0.1, 0.15) is 11.4 Å². The Morgan fingerprint density at radius 1 is 1.05 bits per heavy atom. The normalized spacial score (nSPS) is 24.9. The van der Waals surface area contributed by atoms with Gasteiger partial charge < -0.3 is 27.0 Å². The van der Waals surface area contributed by atoms with Crippen LogP contribution in [0.1, 0.15) is 12.5 Å². The molecular formula is C25H35N9O3. The van der Waals surface area contributed by atoms with Gasteiger partial charge in [-0.2, -0.15) is 4.98 Å². The van der Waals surface area contributed by atoms with Crippen LogP contribution in [0.2, 0.25) is 0 Å². The number of anilines is 1. The summed E-state index contributed by atoms with van der Waals surface area (Å²) in [5.41, 5.74) is 17.8. The second-order valence-corrected chi connectivity index (χ2v) is 10.6. The highest BCUT2D eigenvalue weighted by atomic mass is 16.2. The number of fused-ring (bicyclic) bond motifs is 1. The average molecular weight is 510 g/mol. The minimum absolute atomic E-state index is 0.0445. The fourth-order valence-electron chi connectivity index (χ4n) is 5.23. The van der Waals surface area contributed by atoms with Gasteiger partial charge in [0.25, 0.3) is 0 Å². The van der Waals surface area contributed by atoms with Gasteiger partial charge in [-0.15, -0.1) is 0 Å². The summed E-state index contributed by atoms with van der Waals surface area (Å²) in [7, 11) is 0. The molecule has 2 aliphatic heterocycles. The molecule has 1 aliphatic carbocycles. The monoisotopic (exact) mass is 509 g/mol. The summed E-state index contributed by atoms with van der Waals surface area (Å²) in [6.45, 7) is 6.03. The Balaban J connectivity index is 1.14. The van der Waals surface area contributed by atoms with Crippen molar-refractivity contribution < 1.29 is 9.59 Å². The number of benzene rings is 1. The molecule has 1 aromatic heterocycles. The number of carbonyl (C=O) groups excluding carboxylic acids is 2. The maximum Gasteiger partial charge on any atom is 0.354 e. The highest BCUT2D eigenvalue weighted by molar-refractivity contribution is 5.89. The van der Waals surface area contributed by atoms with Gasteiger partial charge in [0.2, 0.25) is 5.91 Å². The Bertz CT molecular complexity index is 1210. The van der Waals surface area contributed by atoms with Crippen molar-refractivity contribution in [2.75, 3.05) is 51.1 Å². The summed E-state index contributed by atoms with van der Waals surface area (Å²) in [6, 6.07) is 9.44. The number of aromatic nitrogens is 2. The molecule has 0 radical (unpaired) electrons. The van der Waals surface area contributed by atoms with Gasteiger partial charge in [-0.25, -0.2) is 9.59 Å². The van der Waals surface area contributed by atoms with E-state index >= 15 is 0 Å². The van der Waals surface area contributed by atoms with Crippen molar-refractivity contribution in [2.24, 2.45) is 29.0 Å². The Labute approximate surface area is 215 Å². The molecule has 1 aromatic carbocycles. The summed E-state index contributed by atoms with van der Waals surface area (Å²) in [6.07, 6.45) is 1.60. The quantitative estimate of drug-likeness (QED) is 0.383. The zero-order valence-corrected chi connectivity index (χ0v) is 21.0. The molecule has 3 amide bonds. The molecule has 0 bridgehead atoms. The number of piperidine rings is 1. The number of nitrogens with zero attached hydrogens (tertiary/aromatic N) is 5. The standard InChI is InChI=1S/C25H35N9O3/c1-25(28,15-26)22(35)32-8-10-33(11-9-32)23(36)29-20-6-7-34(24(37)30-20)17-4-2-16(3-5-17)12-31-13-18-19(14-31)21(18)27/h2-7,18-19,21H,8-15,26-28H2,1H3,(H,29,30,36,37)/t18-,19+,21?,25-/m0/s1. The first-order chi connectivity index (χ1) is 17.7. The first kappa shape index (κ1) is 25.3. The summed E-state index contributed by atoms with van der Waals surface area (Å²) in [4.78, 5) is 47.5. The number of urea groups is 1. The van der Waals surface area contributed by atoms with Gasteiger partial charge in [0.05, 0.1) is 5.69 Å². The van der Waals surface area contributed by atoms with E-state index in [4.69, 9.17) is 17.2 Å². The van der Waals surface area contributed by atoms with E-state index in [0.717, 1.165) is 19.6 Å². The third kappa shape index (κ3) is 5.23. The van der Waals surface area contributed by atoms with Crippen LogP contribution in [-0.2, 0) is 11.3 Å². The van der Waals surface area contributed by atoms with Crippen LogP contribution in [0.15, 0.2) is 41.3 Å². The summed E-state index contributed by atoms with van der Waals surface area (Å²) >= 11 is 0. The minimum atomic E-state index is -1.12. The lowest BCUT2D eigenvalue weighted by atomic mass is 10.0. The zero-order chi connectivity index (χ0) is 26.3. The second-order valence-electron chi connectivity index (χ2n) is 10.6. The van der Waals surface area contributed by atoms with Gasteiger partial charge in [-0.3, -0.25) is 19.6 Å². The third-order valence-electron chi connectivity index (χ3n) is 7.76. The number of amides is 3. The number of carbonyl (C=O) groups is 2. The first-order valence-electron chi connectivity index (χ1n) is 12.7. The molecule has 3 aliphatic rings. The average Bonchev–Trinajstić information content (AvgIpc) is 3.28. The molecule has 3 heterocycles. The Morgan fingerprint density at radius 2 is 1.68 bits per heavy atom. The van der Waals surface area contributed by atoms with E-state index in [9.17, 15) is 14.4 Å². The van der Waals surface area contributed by atoms with E-state index in [-0.39, 0.29) is 24.3 Å². The minimum Gasteiger partial charge on any atom is -0.338 e. The smallest absolute Gasteiger partial charge is 0.338 e. The maximum absolute atomic E-state index is 12.7. The number of likely N-dealkylation sites (tertiary alicyclic amines) is 1. The summed E-state index contributed by atoms with van der Waals surface area (Å²) in [5.74, 6) is 1.25. The van der Waals surface area contributed by atoms with Crippen LogP contribution in [0, 0.1) is 11.8 Å². The van der Waals surface area contributed by atoms with Crippen LogP contribution in [-0.4, -0.2) is 93.6 Å². The molecule has 7 N–H and O–H groups in total. The molecule has 5 rings (SSSR count).